The third kappa shape index (κ3) is 3.73. The molecule has 5 nitrogen and oxygen atoms in total. The summed E-state index contributed by atoms with van der Waals surface area (Å²) in [5.74, 6) is 1.04. The fourth-order valence-electron chi connectivity index (χ4n) is 4.37. The molecule has 1 aliphatic carbocycles. The lowest BCUT2D eigenvalue weighted by Gasteiger charge is -2.13. The number of esters is 1. The van der Waals surface area contributed by atoms with Crippen molar-refractivity contribution < 1.29 is 14.3 Å². The van der Waals surface area contributed by atoms with Crippen molar-refractivity contribution in [1.82, 2.24) is 5.32 Å². The molecule has 0 unspecified atom stereocenters. The second-order valence-electron chi connectivity index (χ2n) is 9.10. The van der Waals surface area contributed by atoms with Crippen LogP contribution in [0.1, 0.15) is 39.4 Å². The summed E-state index contributed by atoms with van der Waals surface area (Å²) in [6.07, 6.45) is -0.959. The Morgan fingerprint density at radius 3 is 2.34 bits per heavy atom. The summed E-state index contributed by atoms with van der Waals surface area (Å²) in [5.41, 5.74) is 0.546. The van der Waals surface area contributed by atoms with Crippen LogP contribution in [-0.4, -0.2) is 17.6 Å². The summed E-state index contributed by atoms with van der Waals surface area (Å²) >= 11 is 0. The van der Waals surface area contributed by atoms with Crippen LogP contribution < -0.4 is 10.1 Å². The van der Waals surface area contributed by atoms with Gasteiger partial charge >= 0.3 is 5.97 Å². The van der Waals surface area contributed by atoms with E-state index in [0.29, 0.717) is 23.1 Å². The molecule has 5 heteroatoms. The van der Waals surface area contributed by atoms with E-state index in [4.69, 9.17) is 9.47 Å². The number of nitriles is 1. The Morgan fingerprint density at radius 1 is 1.07 bits per heavy atom. The van der Waals surface area contributed by atoms with Gasteiger partial charge < -0.3 is 14.8 Å². The van der Waals surface area contributed by atoms with E-state index in [2.05, 4.69) is 39.1 Å². The fourth-order valence-corrected chi connectivity index (χ4v) is 4.37. The van der Waals surface area contributed by atoms with Crippen LogP contribution in [0.3, 0.4) is 0 Å². The average molecular weight is 390 g/mol. The molecule has 2 aromatic rings. The highest BCUT2D eigenvalue weighted by molar-refractivity contribution is 5.78. The highest BCUT2D eigenvalue weighted by atomic mass is 16.5. The van der Waals surface area contributed by atoms with Gasteiger partial charge in [-0.1, -0.05) is 44.2 Å². The number of rotatable bonds is 6. The normalized spacial score (nSPS) is 26.7. The van der Waals surface area contributed by atoms with Gasteiger partial charge in [0, 0.05) is 17.1 Å². The molecular weight excluding hydrogens is 364 g/mol. The van der Waals surface area contributed by atoms with E-state index in [9.17, 15) is 10.1 Å². The molecule has 1 saturated heterocycles. The Bertz CT molecular complexity index is 962. The van der Waals surface area contributed by atoms with Crippen LogP contribution >= 0.6 is 0 Å². The first-order chi connectivity index (χ1) is 13.7. The lowest BCUT2D eigenvalue weighted by atomic mass is 10.0. The van der Waals surface area contributed by atoms with E-state index in [1.165, 1.54) is 0 Å². The lowest BCUT2D eigenvalue weighted by Crippen LogP contribution is -2.15. The van der Waals surface area contributed by atoms with Crippen LogP contribution in [0.5, 0.6) is 11.5 Å². The maximum atomic E-state index is 12.9. The fraction of sp³-hybridized carbons (Fsp3) is 0.417. The van der Waals surface area contributed by atoms with Gasteiger partial charge in [0.1, 0.15) is 17.6 Å². The second-order valence-corrected chi connectivity index (χ2v) is 9.10. The van der Waals surface area contributed by atoms with Crippen molar-refractivity contribution in [3.05, 3.63) is 60.2 Å². The minimum atomic E-state index is -0.959. The Labute approximate surface area is 171 Å². The number of carbonyl (C=O) groups is 1. The van der Waals surface area contributed by atoms with E-state index < -0.39 is 6.10 Å². The van der Waals surface area contributed by atoms with Gasteiger partial charge in [-0.05, 0) is 49.4 Å². The van der Waals surface area contributed by atoms with Crippen LogP contribution in [-0.2, 0) is 9.53 Å². The maximum absolute atomic E-state index is 12.9. The van der Waals surface area contributed by atoms with Crippen molar-refractivity contribution in [2.24, 2.45) is 17.3 Å². The average Bonchev–Trinajstić information content (AvgIpc) is 3.50. The molecule has 2 fully saturated rings. The summed E-state index contributed by atoms with van der Waals surface area (Å²) in [4.78, 5) is 12.9. The third-order valence-electron chi connectivity index (χ3n) is 6.24. The number of benzene rings is 2. The van der Waals surface area contributed by atoms with Gasteiger partial charge in [0.25, 0.3) is 0 Å². The van der Waals surface area contributed by atoms with Crippen LogP contribution in [0.25, 0.3) is 0 Å². The molecular formula is C24H26N2O3. The Balaban J connectivity index is 1.45. The third-order valence-corrected chi connectivity index (χ3v) is 6.24. The largest absolute Gasteiger partial charge is 0.457 e. The quantitative estimate of drug-likeness (QED) is 0.575. The van der Waals surface area contributed by atoms with Gasteiger partial charge in [-0.3, -0.25) is 4.79 Å². The first kappa shape index (κ1) is 19.5. The van der Waals surface area contributed by atoms with Crippen LogP contribution in [0.2, 0.25) is 0 Å². The van der Waals surface area contributed by atoms with Gasteiger partial charge in [-0.25, -0.2) is 0 Å². The second kappa shape index (κ2) is 6.89. The maximum Gasteiger partial charge on any atom is 0.311 e. The molecule has 0 aromatic heterocycles. The molecule has 1 saturated carbocycles. The van der Waals surface area contributed by atoms with Crippen LogP contribution in [0.4, 0.5) is 0 Å². The summed E-state index contributed by atoms with van der Waals surface area (Å²) in [7, 11) is 0. The first-order valence-corrected chi connectivity index (χ1v) is 9.95. The van der Waals surface area contributed by atoms with Crippen molar-refractivity contribution in [2.75, 3.05) is 0 Å². The standard InChI is InChI=1S/C24H26N2O3/c1-23(2)19(21-24(3,4)26-21)20(23)22(27)29-18(14-25)15-9-8-12-17(13-15)28-16-10-6-5-7-11-16/h5-13,18-21,26H,1-4H3/t18-,19-,20+,21+/m1/s1. The molecule has 0 bridgehead atoms. The summed E-state index contributed by atoms with van der Waals surface area (Å²) in [5, 5.41) is 13.1. The number of nitrogens with one attached hydrogen (secondary N) is 1. The minimum Gasteiger partial charge on any atom is -0.457 e. The van der Waals surface area contributed by atoms with Crippen LogP contribution in [0, 0.1) is 28.6 Å². The zero-order chi connectivity index (χ0) is 20.8. The number of nitrogens with zero attached hydrogens (tertiary/aromatic N) is 1. The molecule has 4 rings (SSSR count). The first-order valence-electron chi connectivity index (χ1n) is 9.95. The molecule has 1 heterocycles. The van der Waals surface area contributed by atoms with Crippen molar-refractivity contribution in [3.63, 3.8) is 0 Å². The molecule has 1 N–H and O–H groups in total. The molecule has 2 aromatic carbocycles. The summed E-state index contributed by atoms with van der Waals surface area (Å²) in [6.45, 7) is 8.47. The lowest BCUT2D eigenvalue weighted by molar-refractivity contribution is -0.149. The Hall–Kier alpha value is -2.84. The highest BCUT2D eigenvalue weighted by Crippen LogP contribution is 2.64. The van der Waals surface area contributed by atoms with Crippen molar-refractivity contribution >= 4 is 5.97 Å². The summed E-state index contributed by atoms with van der Waals surface area (Å²) in [6, 6.07) is 19.0. The van der Waals surface area contributed by atoms with Crippen molar-refractivity contribution in [2.45, 2.75) is 45.4 Å². The molecule has 1 aliphatic heterocycles. The minimum absolute atomic E-state index is 0.0642. The van der Waals surface area contributed by atoms with E-state index in [1.54, 1.807) is 18.2 Å². The van der Waals surface area contributed by atoms with Crippen LogP contribution in [0.15, 0.2) is 54.6 Å². The number of carbonyl (C=O) groups excluding carboxylic acids is 1. The topological polar surface area (TPSA) is 81.3 Å². The predicted molar refractivity (Wildman–Crippen MR) is 109 cm³/mol. The molecule has 0 spiro atoms. The monoisotopic (exact) mass is 390 g/mol. The van der Waals surface area contributed by atoms with Gasteiger partial charge in [0.2, 0.25) is 6.10 Å². The highest BCUT2D eigenvalue weighted by Gasteiger charge is 2.71. The molecule has 0 amide bonds. The SMILES string of the molecule is CC1(C)N[C@H]1[C@H]1[C@@H](C(=O)O[C@H](C#N)c2cccc(Oc3ccccc3)c2)C1(C)C. The van der Waals surface area contributed by atoms with Gasteiger partial charge in [-0.15, -0.1) is 0 Å². The Morgan fingerprint density at radius 2 is 1.72 bits per heavy atom. The zero-order valence-corrected chi connectivity index (χ0v) is 17.2. The number of hydrogen-bond donors (Lipinski definition) is 1. The molecule has 150 valence electrons. The number of ether oxygens (including phenoxy) is 2. The molecule has 0 radical (unpaired) electrons. The van der Waals surface area contributed by atoms with Gasteiger partial charge in [-0.2, -0.15) is 5.26 Å². The Kier molecular flexibility index (Phi) is 4.63. The molecule has 4 atom stereocenters. The van der Waals surface area contributed by atoms with E-state index in [-0.39, 0.29) is 28.8 Å². The van der Waals surface area contributed by atoms with Gasteiger partial charge in [0.05, 0.1) is 5.92 Å². The number of hydrogen-bond acceptors (Lipinski definition) is 5. The smallest absolute Gasteiger partial charge is 0.311 e. The summed E-state index contributed by atoms with van der Waals surface area (Å²) < 4.78 is 11.5. The van der Waals surface area contributed by atoms with E-state index in [1.807, 2.05) is 36.4 Å². The van der Waals surface area contributed by atoms with Crippen molar-refractivity contribution in [3.8, 4) is 17.6 Å². The molecule has 2 aliphatic rings. The van der Waals surface area contributed by atoms with Gasteiger partial charge in [0.15, 0.2) is 0 Å². The molecule has 29 heavy (non-hydrogen) atoms. The van der Waals surface area contributed by atoms with Crippen molar-refractivity contribution in [1.29, 1.82) is 5.26 Å². The van der Waals surface area contributed by atoms with E-state index >= 15 is 0 Å². The predicted octanol–water partition coefficient (Wildman–Crippen LogP) is 4.61. The zero-order valence-electron chi connectivity index (χ0n) is 17.2. The van der Waals surface area contributed by atoms with E-state index in [0.717, 1.165) is 0 Å². The number of para-hydroxylation sites is 1.